The number of halogens is 1. The molecule has 0 saturated carbocycles. The molecule has 0 saturated heterocycles. The Bertz CT molecular complexity index is 392. The molecule has 0 radical (unpaired) electrons. The lowest BCUT2D eigenvalue weighted by atomic mass is 9.86. The first-order chi connectivity index (χ1) is 7.40. The largest absolute Gasteiger partial charge is 0.492 e. The van der Waals surface area contributed by atoms with E-state index in [2.05, 4.69) is 20.8 Å². The van der Waals surface area contributed by atoms with Gasteiger partial charge in [0.1, 0.15) is 5.75 Å². The Morgan fingerprint density at radius 1 is 1.38 bits per heavy atom. The van der Waals surface area contributed by atoms with Gasteiger partial charge in [-0.1, -0.05) is 32.4 Å². The fourth-order valence-electron chi connectivity index (χ4n) is 1.43. The predicted molar refractivity (Wildman–Crippen MR) is 66.7 cm³/mol. The summed E-state index contributed by atoms with van der Waals surface area (Å²) < 4.78 is 5.36. The zero-order chi connectivity index (χ0) is 12.3. The lowest BCUT2D eigenvalue weighted by Gasteiger charge is -2.21. The van der Waals surface area contributed by atoms with Crippen molar-refractivity contribution in [2.75, 3.05) is 6.61 Å². The highest BCUT2D eigenvalue weighted by Gasteiger charge is 2.18. The van der Waals surface area contributed by atoms with E-state index in [1.807, 2.05) is 19.1 Å². The van der Waals surface area contributed by atoms with E-state index in [4.69, 9.17) is 16.3 Å². The molecule has 1 aromatic rings. The minimum Gasteiger partial charge on any atom is -0.492 e. The molecular weight excluding hydrogens is 224 g/mol. The number of ether oxygens (including phenoxy) is 1. The first kappa shape index (κ1) is 13.0. The molecule has 2 nitrogen and oxygen atoms in total. The SMILES string of the molecule is CCOc1c(Cl)cc(C(C)(C)C)cc1C=O. The third kappa shape index (κ3) is 2.76. The van der Waals surface area contributed by atoms with Gasteiger partial charge < -0.3 is 4.74 Å². The molecular formula is C13H17ClO2. The van der Waals surface area contributed by atoms with Crippen molar-refractivity contribution in [3.8, 4) is 5.75 Å². The molecule has 0 spiro atoms. The molecule has 0 aliphatic carbocycles. The molecule has 0 atom stereocenters. The summed E-state index contributed by atoms with van der Waals surface area (Å²) in [7, 11) is 0. The summed E-state index contributed by atoms with van der Waals surface area (Å²) in [5.74, 6) is 0.479. The van der Waals surface area contributed by atoms with Gasteiger partial charge in [-0.3, -0.25) is 4.79 Å². The maximum absolute atomic E-state index is 11.0. The van der Waals surface area contributed by atoms with Crippen molar-refractivity contribution >= 4 is 17.9 Å². The van der Waals surface area contributed by atoms with E-state index < -0.39 is 0 Å². The van der Waals surface area contributed by atoms with Crippen LogP contribution in [-0.2, 0) is 5.41 Å². The number of hydrogen-bond acceptors (Lipinski definition) is 2. The second-order valence-corrected chi connectivity index (χ2v) is 5.08. The molecule has 0 aromatic heterocycles. The molecule has 1 aromatic carbocycles. The first-order valence-corrected chi connectivity index (χ1v) is 5.70. The fourth-order valence-corrected chi connectivity index (χ4v) is 1.71. The van der Waals surface area contributed by atoms with Crippen molar-refractivity contribution in [3.05, 3.63) is 28.3 Å². The Hall–Kier alpha value is -1.02. The summed E-state index contributed by atoms with van der Waals surface area (Å²) in [5.41, 5.74) is 1.51. The summed E-state index contributed by atoms with van der Waals surface area (Å²) in [4.78, 5) is 11.0. The van der Waals surface area contributed by atoms with E-state index in [0.717, 1.165) is 11.8 Å². The van der Waals surface area contributed by atoms with Crippen LogP contribution in [0.1, 0.15) is 43.6 Å². The van der Waals surface area contributed by atoms with Crippen LogP contribution >= 0.6 is 11.6 Å². The van der Waals surface area contributed by atoms with Crippen LogP contribution in [0.25, 0.3) is 0 Å². The molecule has 0 heterocycles. The molecule has 0 unspecified atom stereocenters. The third-order valence-corrected chi connectivity index (χ3v) is 2.63. The number of carbonyl (C=O) groups excluding carboxylic acids is 1. The van der Waals surface area contributed by atoms with Crippen molar-refractivity contribution < 1.29 is 9.53 Å². The van der Waals surface area contributed by atoms with Gasteiger partial charge in [0, 0.05) is 0 Å². The second kappa shape index (κ2) is 4.88. The van der Waals surface area contributed by atoms with Gasteiger partial charge in [0.2, 0.25) is 0 Å². The molecule has 16 heavy (non-hydrogen) atoms. The van der Waals surface area contributed by atoms with E-state index in [-0.39, 0.29) is 5.41 Å². The molecule has 88 valence electrons. The van der Waals surface area contributed by atoms with Gasteiger partial charge in [-0.15, -0.1) is 0 Å². The van der Waals surface area contributed by atoms with E-state index in [1.165, 1.54) is 0 Å². The minimum atomic E-state index is -0.0356. The zero-order valence-electron chi connectivity index (χ0n) is 10.1. The van der Waals surface area contributed by atoms with Gasteiger partial charge in [-0.05, 0) is 30.0 Å². The van der Waals surface area contributed by atoms with Crippen LogP contribution in [0, 0.1) is 0 Å². The Balaban J connectivity index is 3.32. The average molecular weight is 241 g/mol. The quantitative estimate of drug-likeness (QED) is 0.751. The summed E-state index contributed by atoms with van der Waals surface area (Å²) >= 11 is 6.11. The first-order valence-electron chi connectivity index (χ1n) is 5.32. The smallest absolute Gasteiger partial charge is 0.153 e. The predicted octanol–water partition coefficient (Wildman–Crippen LogP) is 3.85. The van der Waals surface area contributed by atoms with Gasteiger partial charge >= 0.3 is 0 Å². The van der Waals surface area contributed by atoms with Crippen LogP contribution in [-0.4, -0.2) is 12.9 Å². The number of rotatable bonds is 3. The summed E-state index contributed by atoms with van der Waals surface area (Å²) in [5, 5.41) is 0.497. The average Bonchev–Trinajstić information content (AvgIpc) is 2.19. The molecule has 0 bridgehead atoms. The van der Waals surface area contributed by atoms with Crippen LogP contribution in [0.3, 0.4) is 0 Å². The normalized spacial score (nSPS) is 11.3. The van der Waals surface area contributed by atoms with Crippen molar-refractivity contribution in [3.63, 3.8) is 0 Å². The van der Waals surface area contributed by atoms with Crippen LogP contribution in [0.2, 0.25) is 5.02 Å². The van der Waals surface area contributed by atoms with Crippen molar-refractivity contribution in [2.45, 2.75) is 33.1 Å². The van der Waals surface area contributed by atoms with Crippen molar-refractivity contribution in [1.29, 1.82) is 0 Å². The molecule has 0 aliphatic rings. The monoisotopic (exact) mass is 240 g/mol. The molecule has 3 heteroatoms. The highest BCUT2D eigenvalue weighted by Crippen LogP contribution is 2.34. The summed E-state index contributed by atoms with van der Waals surface area (Å²) in [6.45, 7) is 8.59. The molecule has 0 amide bonds. The Labute approximate surface area is 102 Å². The Kier molecular flexibility index (Phi) is 3.98. The number of carbonyl (C=O) groups is 1. The van der Waals surface area contributed by atoms with Crippen LogP contribution in [0.4, 0.5) is 0 Å². The number of hydrogen-bond donors (Lipinski definition) is 0. The zero-order valence-corrected chi connectivity index (χ0v) is 10.9. The van der Waals surface area contributed by atoms with E-state index >= 15 is 0 Å². The highest BCUT2D eigenvalue weighted by atomic mass is 35.5. The van der Waals surface area contributed by atoms with Crippen LogP contribution in [0.5, 0.6) is 5.75 Å². The number of aldehydes is 1. The van der Waals surface area contributed by atoms with E-state index in [0.29, 0.717) is 22.9 Å². The van der Waals surface area contributed by atoms with Gasteiger partial charge in [-0.2, -0.15) is 0 Å². The number of benzene rings is 1. The molecule has 0 aliphatic heterocycles. The van der Waals surface area contributed by atoms with E-state index in [9.17, 15) is 4.79 Å². The summed E-state index contributed by atoms with van der Waals surface area (Å²) in [6, 6.07) is 3.70. The maximum Gasteiger partial charge on any atom is 0.153 e. The van der Waals surface area contributed by atoms with Gasteiger partial charge in [-0.25, -0.2) is 0 Å². The lowest BCUT2D eigenvalue weighted by molar-refractivity contribution is 0.111. The maximum atomic E-state index is 11.0. The Morgan fingerprint density at radius 2 is 2.00 bits per heavy atom. The summed E-state index contributed by atoms with van der Waals surface area (Å²) in [6.07, 6.45) is 0.784. The molecule has 1 rings (SSSR count). The lowest BCUT2D eigenvalue weighted by Crippen LogP contribution is -2.12. The van der Waals surface area contributed by atoms with Crippen LogP contribution in [0.15, 0.2) is 12.1 Å². The Morgan fingerprint density at radius 3 is 2.44 bits per heavy atom. The van der Waals surface area contributed by atoms with Crippen LogP contribution < -0.4 is 4.74 Å². The van der Waals surface area contributed by atoms with E-state index in [1.54, 1.807) is 0 Å². The van der Waals surface area contributed by atoms with Gasteiger partial charge in [0.25, 0.3) is 0 Å². The van der Waals surface area contributed by atoms with Crippen molar-refractivity contribution in [1.82, 2.24) is 0 Å². The third-order valence-electron chi connectivity index (χ3n) is 2.35. The van der Waals surface area contributed by atoms with Gasteiger partial charge in [0.15, 0.2) is 6.29 Å². The topological polar surface area (TPSA) is 26.3 Å². The fraction of sp³-hybridized carbons (Fsp3) is 0.462. The van der Waals surface area contributed by atoms with Crippen molar-refractivity contribution in [2.24, 2.45) is 0 Å². The minimum absolute atomic E-state index is 0.0356. The van der Waals surface area contributed by atoms with Gasteiger partial charge in [0.05, 0.1) is 17.2 Å². The second-order valence-electron chi connectivity index (χ2n) is 4.68. The standard InChI is InChI=1S/C13H17ClO2/c1-5-16-12-9(8-15)6-10(7-11(12)14)13(2,3)4/h6-8H,5H2,1-4H3. The molecule has 0 fully saturated rings. The molecule has 0 N–H and O–H groups in total. The highest BCUT2D eigenvalue weighted by molar-refractivity contribution is 6.32.